The van der Waals surface area contributed by atoms with Gasteiger partial charge in [-0.2, -0.15) is 0 Å². The van der Waals surface area contributed by atoms with E-state index in [2.05, 4.69) is 10.3 Å². The summed E-state index contributed by atoms with van der Waals surface area (Å²) in [4.78, 5) is 6.27. The quantitative estimate of drug-likeness (QED) is 0.344. The summed E-state index contributed by atoms with van der Waals surface area (Å²) in [5, 5.41) is 4.39. The third-order valence-corrected chi connectivity index (χ3v) is 6.39. The Labute approximate surface area is 195 Å². The van der Waals surface area contributed by atoms with E-state index < -0.39 is 6.04 Å². The predicted molar refractivity (Wildman–Crippen MR) is 128 cm³/mol. The smallest absolute Gasteiger partial charge is 0.174 e. The molecule has 0 radical (unpaired) electrons. The van der Waals surface area contributed by atoms with Crippen molar-refractivity contribution in [3.05, 3.63) is 107 Å². The van der Waals surface area contributed by atoms with Crippen LogP contribution in [-0.4, -0.2) is 10.1 Å². The van der Waals surface area contributed by atoms with Crippen LogP contribution in [0.5, 0.6) is 0 Å². The minimum atomic E-state index is -0.428. The standard InChI is InChI=1S/C25H19ClFN3OS/c1-15-16(7-6-8-17(15)26)21-12-13-22(31-21)24-23(19-10-4-5-14-28-19)29-25(32)30(24)20-11-3-2-9-18(20)27/h2-14,23-24H,1H3,(H,29,32)/t23-,24+/m0/s1. The van der Waals surface area contributed by atoms with Gasteiger partial charge in [0.1, 0.15) is 23.4 Å². The van der Waals surface area contributed by atoms with Gasteiger partial charge in [0.25, 0.3) is 0 Å². The number of anilines is 1. The van der Waals surface area contributed by atoms with Crippen molar-refractivity contribution < 1.29 is 8.81 Å². The molecule has 0 spiro atoms. The van der Waals surface area contributed by atoms with Crippen LogP contribution in [-0.2, 0) is 0 Å². The Hall–Kier alpha value is -3.22. The van der Waals surface area contributed by atoms with Crippen LogP contribution >= 0.6 is 23.8 Å². The third kappa shape index (κ3) is 3.55. The zero-order valence-corrected chi connectivity index (χ0v) is 18.7. The average Bonchev–Trinajstić information content (AvgIpc) is 3.41. The molecule has 0 bridgehead atoms. The van der Waals surface area contributed by atoms with Gasteiger partial charge >= 0.3 is 0 Å². The number of aromatic nitrogens is 1. The van der Waals surface area contributed by atoms with Crippen LogP contribution in [0.1, 0.15) is 29.1 Å². The molecule has 7 heteroatoms. The van der Waals surface area contributed by atoms with Gasteiger partial charge in [-0.3, -0.25) is 4.98 Å². The number of nitrogens with zero attached hydrogens (tertiary/aromatic N) is 2. The molecule has 0 saturated carbocycles. The van der Waals surface area contributed by atoms with E-state index in [1.807, 2.05) is 55.5 Å². The van der Waals surface area contributed by atoms with Gasteiger partial charge in [-0.05, 0) is 67.2 Å². The van der Waals surface area contributed by atoms with Gasteiger partial charge < -0.3 is 14.6 Å². The second-order valence-corrected chi connectivity index (χ2v) is 8.36. The van der Waals surface area contributed by atoms with Crippen LogP contribution in [0.3, 0.4) is 0 Å². The molecule has 0 unspecified atom stereocenters. The van der Waals surface area contributed by atoms with Gasteiger partial charge in [0.15, 0.2) is 5.11 Å². The molecule has 1 fully saturated rings. The predicted octanol–water partition coefficient (Wildman–Crippen LogP) is 6.62. The normalized spacial score (nSPS) is 18.1. The molecule has 2 atom stereocenters. The maximum atomic E-state index is 14.8. The number of para-hydroxylation sites is 1. The zero-order chi connectivity index (χ0) is 22.2. The maximum Gasteiger partial charge on any atom is 0.174 e. The summed E-state index contributed by atoms with van der Waals surface area (Å²) in [7, 11) is 0. The van der Waals surface area contributed by atoms with Crippen LogP contribution in [0.15, 0.2) is 83.4 Å². The number of hydrogen-bond donors (Lipinski definition) is 1. The molecule has 0 amide bonds. The molecule has 4 aromatic rings. The molecule has 1 N–H and O–H groups in total. The van der Waals surface area contributed by atoms with Crippen LogP contribution in [0, 0.1) is 12.7 Å². The maximum absolute atomic E-state index is 14.8. The van der Waals surface area contributed by atoms with E-state index in [4.69, 9.17) is 28.2 Å². The van der Waals surface area contributed by atoms with Crippen LogP contribution in [0.4, 0.5) is 10.1 Å². The first kappa shape index (κ1) is 20.7. The first-order valence-electron chi connectivity index (χ1n) is 10.1. The number of pyridine rings is 1. The fourth-order valence-corrected chi connectivity index (χ4v) is 4.59. The van der Waals surface area contributed by atoms with Crippen molar-refractivity contribution in [3.8, 4) is 11.3 Å². The fourth-order valence-electron chi connectivity index (χ4n) is 4.08. The Morgan fingerprint density at radius 3 is 2.62 bits per heavy atom. The number of halogens is 2. The Morgan fingerprint density at radius 1 is 1.03 bits per heavy atom. The highest BCUT2D eigenvalue weighted by molar-refractivity contribution is 7.80. The highest BCUT2D eigenvalue weighted by atomic mass is 35.5. The molecule has 160 valence electrons. The van der Waals surface area contributed by atoms with Crippen molar-refractivity contribution in [3.63, 3.8) is 0 Å². The molecule has 32 heavy (non-hydrogen) atoms. The van der Waals surface area contributed by atoms with Gasteiger partial charge in [-0.1, -0.05) is 41.9 Å². The van der Waals surface area contributed by atoms with E-state index in [1.54, 1.807) is 29.3 Å². The van der Waals surface area contributed by atoms with E-state index in [9.17, 15) is 4.39 Å². The number of rotatable bonds is 4. The summed E-state index contributed by atoms with van der Waals surface area (Å²) < 4.78 is 21.1. The average molecular weight is 464 g/mol. The monoisotopic (exact) mass is 463 g/mol. The van der Waals surface area contributed by atoms with Crippen molar-refractivity contribution in [1.29, 1.82) is 0 Å². The zero-order valence-electron chi connectivity index (χ0n) is 17.1. The van der Waals surface area contributed by atoms with Gasteiger partial charge in [-0.15, -0.1) is 0 Å². The molecule has 4 nitrogen and oxygen atoms in total. The third-order valence-electron chi connectivity index (χ3n) is 5.66. The number of hydrogen-bond acceptors (Lipinski definition) is 3. The summed E-state index contributed by atoms with van der Waals surface area (Å²) in [6, 6.07) is 21.0. The lowest BCUT2D eigenvalue weighted by molar-refractivity contribution is 0.437. The topological polar surface area (TPSA) is 41.3 Å². The van der Waals surface area contributed by atoms with Crippen molar-refractivity contribution >= 4 is 34.6 Å². The summed E-state index contributed by atoms with van der Waals surface area (Å²) in [5.41, 5.74) is 3.01. The van der Waals surface area contributed by atoms with E-state index in [-0.39, 0.29) is 11.9 Å². The number of thiocarbonyl (C=S) groups is 1. The highest BCUT2D eigenvalue weighted by Gasteiger charge is 2.43. The molecule has 1 saturated heterocycles. The van der Waals surface area contributed by atoms with Crippen LogP contribution in [0.25, 0.3) is 11.3 Å². The van der Waals surface area contributed by atoms with Crippen LogP contribution in [0.2, 0.25) is 5.02 Å². The summed E-state index contributed by atoms with van der Waals surface area (Å²) >= 11 is 11.9. The summed E-state index contributed by atoms with van der Waals surface area (Å²) in [6.45, 7) is 1.95. The molecule has 5 rings (SSSR count). The molecular formula is C25H19ClFN3OS. The molecule has 3 heterocycles. The second-order valence-electron chi connectivity index (χ2n) is 7.56. The van der Waals surface area contributed by atoms with Crippen LogP contribution < -0.4 is 10.2 Å². The first-order chi connectivity index (χ1) is 15.5. The van der Waals surface area contributed by atoms with Crippen molar-refractivity contribution in [2.75, 3.05) is 4.90 Å². The molecule has 1 aliphatic heterocycles. The van der Waals surface area contributed by atoms with Gasteiger partial charge in [0.2, 0.25) is 0 Å². The minimum absolute atomic E-state index is 0.317. The summed E-state index contributed by atoms with van der Waals surface area (Å²) in [5.74, 6) is 0.970. The van der Waals surface area contributed by atoms with E-state index in [0.717, 1.165) is 16.8 Å². The number of furan rings is 1. The largest absolute Gasteiger partial charge is 0.459 e. The molecule has 2 aromatic carbocycles. The Morgan fingerprint density at radius 2 is 1.84 bits per heavy atom. The summed E-state index contributed by atoms with van der Waals surface area (Å²) in [6.07, 6.45) is 1.73. The van der Waals surface area contributed by atoms with Crippen molar-refractivity contribution in [1.82, 2.24) is 10.3 Å². The molecule has 0 aliphatic carbocycles. The van der Waals surface area contributed by atoms with Crippen molar-refractivity contribution in [2.45, 2.75) is 19.0 Å². The Kier molecular flexibility index (Phi) is 5.41. The van der Waals surface area contributed by atoms with E-state index in [0.29, 0.717) is 27.3 Å². The lowest BCUT2D eigenvalue weighted by atomic mass is 10.0. The lowest BCUT2D eigenvalue weighted by Gasteiger charge is -2.26. The lowest BCUT2D eigenvalue weighted by Crippen LogP contribution is -2.30. The minimum Gasteiger partial charge on any atom is -0.459 e. The molecule has 2 aromatic heterocycles. The number of benzene rings is 2. The van der Waals surface area contributed by atoms with Gasteiger partial charge in [-0.25, -0.2) is 4.39 Å². The van der Waals surface area contributed by atoms with Gasteiger partial charge in [0.05, 0.1) is 17.4 Å². The van der Waals surface area contributed by atoms with E-state index >= 15 is 0 Å². The van der Waals surface area contributed by atoms with Gasteiger partial charge in [0, 0.05) is 16.8 Å². The van der Waals surface area contributed by atoms with Crippen molar-refractivity contribution in [2.24, 2.45) is 0 Å². The molecular weight excluding hydrogens is 445 g/mol. The fraction of sp³-hybridized carbons (Fsp3) is 0.120. The highest BCUT2D eigenvalue weighted by Crippen LogP contribution is 2.43. The Bertz CT molecular complexity index is 1290. The van der Waals surface area contributed by atoms with E-state index in [1.165, 1.54) is 6.07 Å². The SMILES string of the molecule is Cc1c(Cl)cccc1-c1ccc([C@@H]2[C@H](c3ccccn3)NC(=S)N2c2ccccc2F)o1. The Balaban J connectivity index is 1.63. The first-order valence-corrected chi connectivity index (χ1v) is 10.9. The second kappa shape index (κ2) is 8.37. The molecule has 1 aliphatic rings. The number of nitrogens with one attached hydrogen (secondary N) is 1.